The van der Waals surface area contributed by atoms with Gasteiger partial charge >= 0.3 is 12.1 Å². The van der Waals surface area contributed by atoms with Crippen molar-refractivity contribution in [1.82, 2.24) is 0 Å². The van der Waals surface area contributed by atoms with Crippen LogP contribution < -0.4 is 11.5 Å². The van der Waals surface area contributed by atoms with Gasteiger partial charge in [0, 0.05) is 0 Å². The summed E-state index contributed by atoms with van der Waals surface area (Å²) in [5.74, 6) is -1.48. The molecule has 22 heavy (non-hydrogen) atoms. The van der Waals surface area contributed by atoms with Crippen LogP contribution >= 0.6 is 11.6 Å². The van der Waals surface area contributed by atoms with Gasteiger partial charge in [0.1, 0.15) is 0 Å². The second-order valence-electron chi connectivity index (χ2n) is 4.09. The number of halogens is 4. The molecular formula is C14H12ClF3N2O2. The normalized spacial score (nSPS) is 10.5. The minimum Gasteiger partial charge on any atom is -0.478 e. The van der Waals surface area contributed by atoms with E-state index in [2.05, 4.69) is 0 Å². The Hall–Kier alpha value is -2.41. The highest BCUT2D eigenvalue weighted by Gasteiger charge is 2.34. The zero-order valence-electron chi connectivity index (χ0n) is 11.1. The van der Waals surface area contributed by atoms with Crippen LogP contribution in [0.3, 0.4) is 0 Å². The van der Waals surface area contributed by atoms with E-state index >= 15 is 0 Å². The molecule has 0 saturated carbocycles. The number of alkyl halides is 3. The van der Waals surface area contributed by atoms with E-state index in [-0.39, 0.29) is 0 Å². The Labute approximate surface area is 129 Å². The maximum atomic E-state index is 12.2. The molecule has 0 saturated heterocycles. The number of hydrogen-bond donors (Lipinski definition) is 3. The van der Waals surface area contributed by atoms with Crippen LogP contribution in [0.4, 0.5) is 24.5 Å². The van der Waals surface area contributed by atoms with Crippen molar-refractivity contribution in [2.75, 3.05) is 11.5 Å². The lowest BCUT2D eigenvalue weighted by Crippen LogP contribution is -2.12. The molecule has 4 nitrogen and oxygen atoms in total. The zero-order chi connectivity index (χ0) is 16.9. The molecule has 0 heterocycles. The topological polar surface area (TPSA) is 89.3 Å². The Bertz CT molecular complexity index is 654. The monoisotopic (exact) mass is 332 g/mol. The number of hydrogen-bond acceptors (Lipinski definition) is 3. The number of nitrogen functional groups attached to an aromatic ring is 2. The number of carboxylic acid groups (broad SMARTS) is 1. The van der Waals surface area contributed by atoms with E-state index in [9.17, 15) is 18.0 Å². The molecule has 8 heteroatoms. The Morgan fingerprint density at radius 1 is 1.05 bits per heavy atom. The summed E-state index contributed by atoms with van der Waals surface area (Å²) in [4.78, 5) is 10.5. The van der Waals surface area contributed by atoms with Crippen molar-refractivity contribution in [2.45, 2.75) is 6.18 Å². The highest BCUT2D eigenvalue weighted by Crippen LogP contribution is 2.34. The maximum absolute atomic E-state index is 12.2. The molecule has 118 valence electrons. The number of rotatable bonds is 1. The van der Waals surface area contributed by atoms with Crippen LogP contribution in [0.1, 0.15) is 15.9 Å². The Morgan fingerprint density at radius 2 is 1.64 bits per heavy atom. The minimum atomic E-state index is -4.63. The summed E-state index contributed by atoms with van der Waals surface area (Å²) < 4.78 is 36.7. The molecule has 0 fully saturated rings. The third kappa shape index (κ3) is 4.56. The smallest absolute Gasteiger partial charge is 0.418 e. The quantitative estimate of drug-likeness (QED) is 0.691. The maximum Gasteiger partial charge on any atom is 0.418 e. The van der Waals surface area contributed by atoms with Crippen molar-refractivity contribution in [2.24, 2.45) is 0 Å². The van der Waals surface area contributed by atoms with Crippen LogP contribution in [0.15, 0.2) is 42.5 Å². The fourth-order valence-electron chi connectivity index (χ4n) is 1.47. The average molecular weight is 333 g/mol. The molecule has 5 N–H and O–H groups in total. The molecular weight excluding hydrogens is 321 g/mol. The van der Waals surface area contributed by atoms with E-state index < -0.39 is 29.0 Å². The second kappa shape index (κ2) is 7.04. The van der Waals surface area contributed by atoms with Crippen LogP contribution in [0.2, 0.25) is 5.02 Å². The Kier molecular flexibility index (Phi) is 5.64. The second-order valence-corrected chi connectivity index (χ2v) is 4.50. The van der Waals surface area contributed by atoms with Gasteiger partial charge in [-0.15, -0.1) is 0 Å². The summed E-state index contributed by atoms with van der Waals surface area (Å²) in [6, 6.07) is 9.98. The first-order valence-electron chi connectivity index (χ1n) is 5.83. The van der Waals surface area contributed by atoms with Gasteiger partial charge in [-0.2, -0.15) is 13.2 Å². The highest BCUT2D eigenvalue weighted by atomic mass is 35.5. The number of benzene rings is 2. The lowest BCUT2D eigenvalue weighted by molar-refractivity contribution is -0.136. The third-order valence-electron chi connectivity index (χ3n) is 2.55. The lowest BCUT2D eigenvalue weighted by atomic mass is 10.1. The number of aromatic carboxylic acids is 1. The molecule has 0 amide bonds. The largest absolute Gasteiger partial charge is 0.478 e. The van der Waals surface area contributed by atoms with Gasteiger partial charge < -0.3 is 16.6 Å². The van der Waals surface area contributed by atoms with E-state index in [4.69, 9.17) is 28.2 Å². The average Bonchev–Trinajstić information content (AvgIpc) is 2.41. The minimum absolute atomic E-state index is 0.542. The molecule has 0 aromatic heterocycles. The van der Waals surface area contributed by atoms with E-state index in [0.29, 0.717) is 10.7 Å². The van der Waals surface area contributed by atoms with Crippen LogP contribution in [0, 0.1) is 0 Å². The van der Waals surface area contributed by atoms with Crippen LogP contribution in [0.5, 0.6) is 0 Å². The SMILES string of the molecule is Nc1c(C(=O)O)cccc1C(F)(F)F.Nc1ccccc1Cl. The predicted molar refractivity (Wildman–Crippen MR) is 78.7 cm³/mol. The summed E-state index contributed by atoms with van der Waals surface area (Å²) in [6.45, 7) is 0. The van der Waals surface area contributed by atoms with Crippen molar-refractivity contribution in [3.05, 3.63) is 58.6 Å². The Balaban J connectivity index is 0.000000255. The predicted octanol–water partition coefficient (Wildman–Crippen LogP) is 3.91. The van der Waals surface area contributed by atoms with Crippen molar-refractivity contribution in [3.8, 4) is 0 Å². The van der Waals surface area contributed by atoms with Gasteiger partial charge in [-0.3, -0.25) is 0 Å². The molecule has 2 aromatic rings. The lowest BCUT2D eigenvalue weighted by Gasteiger charge is -2.10. The van der Waals surface area contributed by atoms with Gasteiger partial charge in [0.05, 0.1) is 27.5 Å². The first-order chi connectivity index (χ1) is 10.1. The summed E-state index contributed by atoms with van der Waals surface area (Å²) in [7, 11) is 0. The molecule has 2 aromatic carbocycles. The summed E-state index contributed by atoms with van der Waals surface area (Å²) in [5, 5.41) is 9.13. The van der Waals surface area contributed by atoms with E-state index in [1.807, 2.05) is 12.1 Å². The number of nitrogens with two attached hydrogens (primary N) is 2. The van der Waals surface area contributed by atoms with Crippen molar-refractivity contribution < 1.29 is 23.1 Å². The molecule has 0 aliphatic carbocycles. The zero-order valence-corrected chi connectivity index (χ0v) is 11.8. The number of anilines is 2. The molecule has 0 spiro atoms. The van der Waals surface area contributed by atoms with Gasteiger partial charge in [-0.1, -0.05) is 29.8 Å². The number of para-hydroxylation sites is 2. The van der Waals surface area contributed by atoms with Gasteiger partial charge in [-0.25, -0.2) is 4.79 Å². The summed E-state index contributed by atoms with van der Waals surface area (Å²) in [5.41, 5.74) is 8.66. The molecule has 0 atom stereocenters. The van der Waals surface area contributed by atoms with E-state index in [1.165, 1.54) is 0 Å². The van der Waals surface area contributed by atoms with Crippen molar-refractivity contribution >= 4 is 28.9 Å². The molecule has 0 bridgehead atoms. The number of carboxylic acids is 1. The fraction of sp³-hybridized carbons (Fsp3) is 0.0714. The summed E-state index contributed by atoms with van der Waals surface area (Å²) >= 11 is 5.58. The van der Waals surface area contributed by atoms with Crippen LogP contribution in [-0.2, 0) is 6.18 Å². The van der Waals surface area contributed by atoms with Gasteiger partial charge in [-0.05, 0) is 24.3 Å². The first kappa shape index (κ1) is 17.6. The molecule has 0 aliphatic rings. The van der Waals surface area contributed by atoms with Gasteiger partial charge in [0.25, 0.3) is 0 Å². The van der Waals surface area contributed by atoms with Gasteiger partial charge in [0.15, 0.2) is 0 Å². The van der Waals surface area contributed by atoms with Crippen LogP contribution in [-0.4, -0.2) is 11.1 Å². The molecule has 0 radical (unpaired) electrons. The summed E-state index contributed by atoms with van der Waals surface area (Å²) in [6.07, 6.45) is -4.63. The first-order valence-corrected chi connectivity index (χ1v) is 6.21. The third-order valence-corrected chi connectivity index (χ3v) is 2.89. The molecule has 2 rings (SSSR count). The molecule has 0 unspecified atom stereocenters. The van der Waals surface area contributed by atoms with E-state index in [1.54, 1.807) is 12.1 Å². The van der Waals surface area contributed by atoms with Crippen molar-refractivity contribution in [3.63, 3.8) is 0 Å². The van der Waals surface area contributed by atoms with E-state index in [0.717, 1.165) is 18.2 Å². The fourth-order valence-corrected chi connectivity index (χ4v) is 1.61. The van der Waals surface area contributed by atoms with Crippen LogP contribution in [0.25, 0.3) is 0 Å². The Morgan fingerprint density at radius 3 is 2.05 bits per heavy atom. The molecule has 0 aliphatic heterocycles. The standard InChI is InChI=1S/C8H6F3NO2.C6H6ClN/c9-8(10,11)5-3-1-2-4(6(5)12)7(13)14;7-5-3-1-2-4-6(5)8/h1-3H,12H2,(H,13,14);1-4H,8H2. The number of carbonyl (C=O) groups is 1. The van der Waals surface area contributed by atoms with Crippen molar-refractivity contribution in [1.29, 1.82) is 0 Å². The highest BCUT2D eigenvalue weighted by molar-refractivity contribution is 6.33. The van der Waals surface area contributed by atoms with Gasteiger partial charge in [0.2, 0.25) is 0 Å².